The number of amides is 2. The van der Waals surface area contributed by atoms with E-state index in [1.165, 1.54) is 18.2 Å². The smallest absolute Gasteiger partial charge is 0.257 e. The van der Waals surface area contributed by atoms with Crippen molar-refractivity contribution in [1.82, 2.24) is 0 Å². The number of halogens is 1. The van der Waals surface area contributed by atoms with Crippen molar-refractivity contribution in [3.8, 4) is 0 Å². The van der Waals surface area contributed by atoms with Crippen LogP contribution in [0, 0.1) is 19.8 Å². The summed E-state index contributed by atoms with van der Waals surface area (Å²) in [5.74, 6) is -1.88. The summed E-state index contributed by atoms with van der Waals surface area (Å²) in [5, 5.41) is 2.93. The second-order valence-corrected chi connectivity index (χ2v) is 9.05. The maximum Gasteiger partial charge on any atom is 0.257 e. The quantitative estimate of drug-likeness (QED) is 0.845. The van der Waals surface area contributed by atoms with E-state index in [1.807, 2.05) is 32.0 Å². The number of benzene rings is 2. The van der Waals surface area contributed by atoms with Gasteiger partial charge in [-0.05, 0) is 55.3 Å². The molecule has 1 heterocycles. The van der Waals surface area contributed by atoms with Gasteiger partial charge in [-0.25, -0.2) is 12.7 Å². The fourth-order valence-electron chi connectivity index (χ4n) is 3.15. The molecule has 1 atom stereocenters. The van der Waals surface area contributed by atoms with E-state index in [1.54, 1.807) is 6.92 Å². The Balaban J connectivity index is 1.96. The highest BCUT2D eigenvalue weighted by atomic mass is 35.5. The Kier molecular flexibility index (Phi) is 5.01. The van der Waals surface area contributed by atoms with E-state index in [2.05, 4.69) is 5.32 Å². The van der Waals surface area contributed by atoms with E-state index in [4.69, 9.17) is 11.6 Å². The summed E-state index contributed by atoms with van der Waals surface area (Å²) in [5.41, 5.74) is 2.80. The third-order valence-corrected chi connectivity index (χ3v) is 6.47. The minimum atomic E-state index is -3.75. The molecule has 1 saturated heterocycles. The number of nitrogens with one attached hydrogen (secondary N) is 1. The summed E-state index contributed by atoms with van der Waals surface area (Å²) < 4.78 is 25.3. The van der Waals surface area contributed by atoms with Gasteiger partial charge in [-0.2, -0.15) is 0 Å². The third kappa shape index (κ3) is 3.84. The lowest BCUT2D eigenvalue weighted by atomic mass is 10.1. The molecule has 0 saturated carbocycles. The van der Waals surface area contributed by atoms with Gasteiger partial charge in [-0.3, -0.25) is 9.59 Å². The van der Waals surface area contributed by atoms with E-state index in [9.17, 15) is 18.0 Å². The van der Waals surface area contributed by atoms with Crippen molar-refractivity contribution in [3.63, 3.8) is 0 Å². The first-order valence-electron chi connectivity index (χ1n) is 8.34. The minimum Gasteiger partial charge on any atom is -0.322 e. The second-order valence-electron chi connectivity index (χ2n) is 6.78. The van der Waals surface area contributed by atoms with Crippen LogP contribution in [0.15, 0.2) is 36.4 Å². The minimum absolute atomic E-state index is 0.0934. The Morgan fingerprint density at radius 2 is 1.78 bits per heavy atom. The number of rotatable bonds is 3. The number of sulfonamides is 1. The van der Waals surface area contributed by atoms with Crippen molar-refractivity contribution in [1.29, 1.82) is 0 Å². The summed E-state index contributed by atoms with van der Waals surface area (Å²) in [4.78, 5) is 25.0. The zero-order valence-electron chi connectivity index (χ0n) is 15.1. The zero-order chi connectivity index (χ0) is 19.9. The molecule has 1 N–H and O–H groups in total. The Hall–Kier alpha value is -2.38. The first-order valence-corrected chi connectivity index (χ1v) is 10.3. The van der Waals surface area contributed by atoms with Gasteiger partial charge in [-0.1, -0.05) is 24.6 Å². The summed E-state index contributed by atoms with van der Waals surface area (Å²) in [6, 6.07) is 9.78. The molecular weight excluding hydrogens is 388 g/mol. The fraction of sp³-hybridized carbons (Fsp3) is 0.263. The van der Waals surface area contributed by atoms with Crippen molar-refractivity contribution in [2.75, 3.05) is 15.4 Å². The lowest BCUT2D eigenvalue weighted by Gasteiger charge is -2.17. The van der Waals surface area contributed by atoms with Crippen molar-refractivity contribution in [2.45, 2.75) is 20.8 Å². The van der Waals surface area contributed by atoms with Crippen LogP contribution in [0.5, 0.6) is 0 Å². The van der Waals surface area contributed by atoms with Crippen molar-refractivity contribution < 1.29 is 18.0 Å². The average molecular weight is 407 g/mol. The molecule has 0 spiro atoms. The van der Waals surface area contributed by atoms with Gasteiger partial charge in [0.05, 0.1) is 27.9 Å². The van der Waals surface area contributed by atoms with Crippen LogP contribution in [0.3, 0.4) is 0 Å². The van der Waals surface area contributed by atoms with Crippen LogP contribution in [0.4, 0.5) is 11.4 Å². The summed E-state index contributed by atoms with van der Waals surface area (Å²) in [6.07, 6.45) is 0. The van der Waals surface area contributed by atoms with Gasteiger partial charge in [0.1, 0.15) is 0 Å². The van der Waals surface area contributed by atoms with Crippen molar-refractivity contribution in [3.05, 3.63) is 58.1 Å². The van der Waals surface area contributed by atoms with Gasteiger partial charge in [0, 0.05) is 5.69 Å². The average Bonchev–Trinajstić information content (AvgIpc) is 2.74. The molecule has 2 amide bonds. The predicted molar refractivity (Wildman–Crippen MR) is 106 cm³/mol. The highest BCUT2D eigenvalue weighted by Crippen LogP contribution is 2.31. The number of aryl methyl sites for hydroxylation is 2. The molecule has 3 rings (SSSR count). The van der Waals surface area contributed by atoms with Crippen LogP contribution in [-0.2, 0) is 14.8 Å². The fourth-order valence-corrected chi connectivity index (χ4v) is 5.16. The lowest BCUT2D eigenvalue weighted by molar-refractivity contribution is -0.119. The normalized spacial score (nSPS) is 18.6. The number of hydrogen-bond donors (Lipinski definition) is 1. The zero-order valence-corrected chi connectivity index (χ0v) is 16.7. The van der Waals surface area contributed by atoms with E-state index in [0.29, 0.717) is 5.69 Å². The largest absolute Gasteiger partial charge is 0.322 e. The Labute approximate surface area is 163 Å². The molecule has 2 aromatic rings. The van der Waals surface area contributed by atoms with Crippen LogP contribution in [0.1, 0.15) is 28.4 Å². The molecule has 1 fully saturated rings. The molecule has 8 heteroatoms. The molecule has 0 radical (unpaired) electrons. The molecule has 2 aromatic carbocycles. The van der Waals surface area contributed by atoms with Crippen molar-refractivity contribution >= 4 is 44.8 Å². The molecule has 142 valence electrons. The summed E-state index contributed by atoms with van der Waals surface area (Å²) >= 11 is 6.15. The summed E-state index contributed by atoms with van der Waals surface area (Å²) in [7, 11) is -3.75. The molecular formula is C19H19ClN2O4S. The third-order valence-electron chi connectivity index (χ3n) is 4.27. The predicted octanol–water partition coefficient (Wildman–Crippen LogP) is 3.52. The van der Waals surface area contributed by atoms with Crippen LogP contribution < -0.4 is 9.62 Å². The molecule has 0 aliphatic carbocycles. The second kappa shape index (κ2) is 6.98. The number of carbonyl (C=O) groups excluding carboxylic acids is 2. The van der Waals surface area contributed by atoms with Gasteiger partial charge >= 0.3 is 0 Å². The number of nitrogens with zero attached hydrogens (tertiary/aromatic N) is 1. The highest BCUT2D eigenvalue weighted by Gasteiger charge is 2.42. The van der Waals surface area contributed by atoms with Crippen LogP contribution >= 0.6 is 11.6 Å². The van der Waals surface area contributed by atoms with Gasteiger partial charge in [0.15, 0.2) is 0 Å². The standard InChI is InChI=1S/C19H19ClN2O4S/c1-11-6-12(2)8-14(7-11)21-18(23)16-9-15(4-5-17(16)20)22-19(24)13(3)10-27(22,25)26/h4-9,13H,10H2,1-3H3,(H,21,23). The first-order chi connectivity index (χ1) is 12.6. The van der Waals surface area contributed by atoms with E-state index >= 15 is 0 Å². The van der Waals surface area contributed by atoms with Gasteiger partial charge < -0.3 is 5.32 Å². The Morgan fingerprint density at radius 1 is 1.15 bits per heavy atom. The maximum absolute atomic E-state index is 12.7. The number of hydrogen-bond acceptors (Lipinski definition) is 4. The van der Waals surface area contributed by atoms with Crippen molar-refractivity contribution in [2.24, 2.45) is 5.92 Å². The Morgan fingerprint density at radius 3 is 2.33 bits per heavy atom. The van der Waals surface area contributed by atoms with Gasteiger partial charge in [0.2, 0.25) is 15.9 Å². The van der Waals surface area contributed by atoms with E-state index < -0.39 is 27.8 Å². The first kappa shape index (κ1) is 19.4. The molecule has 1 aliphatic rings. The molecule has 1 unspecified atom stereocenters. The highest BCUT2D eigenvalue weighted by molar-refractivity contribution is 7.94. The van der Waals surface area contributed by atoms with Gasteiger partial charge in [0.25, 0.3) is 5.91 Å². The maximum atomic E-state index is 12.7. The van der Waals surface area contributed by atoms with Crippen LogP contribution in [0.2, 0.25) is 5.02 Å². The van der Waals surface area contributed by atoms with Gasteiger partial charge in [-0.15, -0.1) is 0 Å². The number of anilines is 2. The molecule has 6 nitrogen and oxygen atoms in total. The molecule has 1 aliphatic heterocycles. The lowest BCUT2D eigenvalue weighted by Crippen LogP contribution is -2.30. The topological polar surface area (TPSA) is 83.6 Å². The Bertz CT molecular complexity index is 1030. The van der Waals surface area contributed by atoms with E-state index in [-0.39, 0.29) is 22.0 Å². The monoisotopic (exact) mass is 406 g/mol. The van der Waals surface area contributed by atoms with Crippen LogP contribution in [-0.4, -0.2) is 26.0 Å². The molecule has 27 heavy (non-hydrogen) atoms. The van der Waals surface area contributed by atoms with Crippen LogP contribution in [0.25, 0.3) is 0 Å². The SMILES string of the molecule is Cc1cc(C)cc(NC(=O)c2cc(N3C(=O)C(C)CS3(=O)=O)ccc2Cl)c1. The van der Waals surface area contributed by atoms with E-state index in [0.717, 1.165) is 15.4 Å². The molecule has 0 aromatic heterocycles. The summed E-state index contributed by atoms with van der Waals surface area (Å²) in [6.45, 7) is 5.39. The molecule has 0 bridgehead atoms. The number of carbonyl (C=O) groups is 2.